The van der Waals surface area contributed by atoms with Gasteiger partial charge in [-0.2, -0.15) is 0 Å². The van der Waals surface area contributed by atoms with E-state index in [2.05, 4.69) is 38.2 Å². The Morgan fingerprint density at radius 2 is 1.64 bits per heavy atom. The summed E-state index contributed by atoms with van der Waals surface area (Å²) >= 11 is 0. The summed E-state index contributed by atoms with van der Waals surface area (Å²) in [6.07, 6.45) is 1.14. The smallest absolute Gasteiger partial charge is 0.251 e. The van der Waals surface area contributed by atoms with Gasteiger partial charge in [0.1, 0.15) is 0 Å². The zero-order valence-electron chi connectivity index (χ0n) is 17.7. The number of carbonyl (C=O) groups excluding carboxylic acids is 1. The van der Waals surface area contributed by atoms with Crippen LogP contribution in [0.2, 0.25) is 0 Å². The molecule has 0 aliphatic carbocycles. The molecule has 6 heteroatoms. The number of aryl methyl sites for hydroxylation is 1. The number of nitrogens with one attached hydrogen (secondary N) is 1. The van der Waals surface area contributed by atoms with E-state index in [-0.39, 0.29) is 17.4 Å². The Morgan fingerprint density at radius 3 is 2.14 bits per heavy atom. The van der Waals surface area contributed by atoms with Crippen LogP contribution in [0.3, 0.4) is 0 Å². The van der Waals surface area contributed by atoms with E-state index in [1.54, 1.807) is 18.2 Å². The van der Waals surface area contributed by atoms with Gasteiger partial charge in [0.05, 0.1) is 18.0 Å². The van der Waals surface area contributed by atoms with E-state index < -0.39 is 10.0 Å². The van der Waals surface area contributed by atoms with Crippen molar-refractivity contribution in [1.82, 2.24) is 5.32 Å². The number of amides is 1. The highest BCUT2D eigenvalue weighted by atomic mass is 32.2. The molecule has 1 amide bonds. The van der Waals surface area contributed by atoms with E-state index in [1.165, 1.54) is 16.9 Å². The molecule has 1 N–H and O–H groups in total. The van der Waals surface area contributed by atoms with Gasteiger partial charge in [-0.25, -0.2) is 8.42 Å². The molecule has 28 heavy (non-hydrogen) atoms. The SMILES string of the molecule is Cc1ccc(C(=O)NC(C)c2ccc(C(C)(C)C)cc2)cc1N(C)S(C)(=O)=O. The second kappa shape index (κ2) is 7.95. The topological polar surface area (TPSA) is 66.5 Å². The standard InChI is InChI=1S/C22H30N2O3S/c1-15-8-9-18(14-20(15)24(6)28(7,26)27)21(25)23-16(2)17-10-12-19(13-11-17)22(3,4)5/h8-14,16H,1-7H3,(H,23,25). The number of nitrogens with zero attached hydrogens (tertiary/aromatic N) is 1. The zero-order valence-corrected chi connectivity index (χ0v) is 18.5. The lowest BCUT2D eigenvalue weighted by Crippen LogP contribution is -2.28. The molecule has 2 aromatic rings. The fraction of sp³-hybridized carbons (Fsp3) is 0.409. The van der Waals surface area contributed by atoms with Crippen molar-refractivity contribution in [3.8, 4) is 0 Å². The van der Waals surface area contributed by atoms with Crippen LogP contribution in [0.4, 0.5) is 5.69 Å². The number of anilines is 1. The first kappa shape index (κ1) is 22.0. The molecule has 0 aromatic heterocycles. The summed E-state index contributed by atoms with van der Waals surface area (Å²) in [5.41, 5.74) is 4.04. The lowest BCUT2D eigenvalue weighted by molar-refractivity contribution is 0.0940. The van der Waals surface area contributed by atoms with Crippen molar-refractivity contribution in [2.24, 2.45) is 0 Å². The molecule has 2 aromatic carbocycles. The van der Waals surface area contributed by atoms with Gasteiger partial charge in [0.25, 0.3) is 5.91 Å². The molecule has 0 saturated carbocycles. The van der Waals surface area contributed by atoms with Crippen molar-refractivity contribution in [2.45, 2.75) is 46.1 Å². The third-order valence-corrected chi connectivity index (χ3v) is 6.12. The summed E-state index contributed by atoms with van der Waals surface area (Å²) in [7, 11) is -1.92. The molecular weight excluding hydrogens is 372 g/mol. The number of benzene rings is 2. The summed E-state index contributed by atoms with van der Waals surface area (Å²) in [6.45, 7) is 10.2. The fourth-order valence-corrected chi connectivity index (χ4v) is 3.46. The van der Waals surface area contributed by atoms with Crippen LogP contribution in [0.5, 0.6) is 0 Å². The molecule has 0 heterocycles. The van der Waals surface area contributed by atoms with Crippen molar-refractivity contribution < 1.29 is 13.2 Å². The van der Waals surface area contributed by atoms with E-state index in [4.69, 9.17) is 0 Å². The largest absolute Gasteiger partial charge is 0.346 e. The van der Waals surface area contributed by atoms with Crippen molar-refractivity contribution in [1.29, 1.82) is 0 Å². The van der Waals surface area contributed by atoms with Crippen molar-refractivity contribution in [3.63, 3.8) is 0 Å². The van der Waals surface area contributed by atoms with E-state index in [0.717, 1.165) is 17.4 Å². The molecule has 1 unspecified atom stereocenters. The van der Waals surface area contributed by atoms with Gasteiger partial charge in [0.15, 0.2) is 0 Å². The molecule has 0 radical (unpaired) electrons. The number of carbonyl (C=O) groups is 1. The fourth-order valence-electron chi connectivity index (χ4n) is 2.90. The third-order valence-electron chi connectivity index (χ3n) is 4.93. The Bertz CT molecular complexity index is 958. The highest BCUT2D eigenvalue weighted by molar-refractivity contribution is 7.92. The summed E-state index contributed by atoms with van der Waals surface area (Å²) in [6, 6.07) is 13.1. The van der Waals surface area contributed by atoms with Crippen LogP contribution < -0.4 is 9.62 Å². The second-order valence-corrected chi connectivity index (χ2v) is 10.3. The van der Waals surface area contributed by atoms with Crippen molar-refractivity contribution in [3.05, 3.63) is 64.7 Å². The lowest BCUT2D eigenvalue weighted by Gasteiger charge is -2.21. The zero-order chi connectivity index (χ0) is 21.3. The Labute approximate surface area is 168 Å². The second-order valence-electron chi connectivity index (χ2n) is 8.30. The van der Waals surface area contributed by atoms with Crippen LogP contribution in [0.15, 0.2) is 42.5 Å². The molecule has 152 valence electrons. The van der Waals surface area contributed by atoms with Crippen LogP contribution in [-0.2, 0) is 15.4 Å². The van der Waals surface area contributed by atoms with Crippen molar-refractivity contribution in [2.75, 3.05) is 17.6 Å². The first-order chi connectivity index (χ1) is 12.8. The Kier molecular flexibility index (Phi) is 6.24. The van der Waals surface area contributed by atoms with Gasteiger partial charge in [0, 0.05) is 12.6 Å². The van der Waals surface area contributed by atoms with Gasteiger partial charge in [0.2, 0.25) is 10.0 Å². The molecule has 0 fully saturated rings. The van der Waals surface area contributed by atoms with Crippen LogP contribution in [0.1, 0.15) is 60.8 Å². The summed E-state index contributed by atoms with van der Waals surface area (Å²) < 4.78 is 24.9. The quantitative estimate of drug-likeness (QED) is 0.816. The first-order valence-corrected chi connectivity index (χ1v) is 11.1. The van der Waals surface area contributed by atoms with E-state index in [9.17, 15) is 13.2 Å². The van der Waals surface area contributed by atoms with Gasteiger partial charge < -0.3 is 5.32 Å². The van der Waals surface area contributed by atoms with E-state index >= 15 is 0 Å². The maximum absolute atomic E-state index is 12.7. The molecule has 0 bridgehead atoms. The number of rotatable bonds is 5. The minimum atomic E-state index is -3.40. The van der Waals surface area contributed by atoms with Crippen molar-refractivity contribution >= 4 is 21.6 Å². The number of hydrogen-bond donors (Lipinski definition) is 1. The number of sulfonamides is 1. The molecule has 5 nitrogen and oxygen atoms in total. The normalized spacial score (nSPS) is 13.1. The predicted molar refractivity (Wildman–Crippen MR) is 115 cm³/mol. The Morgan fingerprint density at radius 1 is 1.07 bits per heavy atom. The van der Waals surface area contributed by atoms with Crippen LogP contribution >= 0.6 is 0 Å². The molecule has 0 aliphatic heterocycles. The molecule has 0 saturated heterocycles. The molecule has 2 rings (SSSR count). The van der Waals surface area contributed by atoms with Crippen LogP contribution in [-0.4, -0.2) is 27.6 Å². The summed E-state index contributed by atoms with van der Waals surface area (Å²) in [5, 5.41) is 2.99. The monoisotopic (exact) mass is 402 g/mol. The number of hydrogen-bond acceptors (Lipinski definition) is 3. The highest BCUT2D eigenvalue weighted by Gasteiger charge is 2.18. The van der Waals surface area contributed by atoms with Gasteiger partial charge in [-0.15, -0.1) is 0 Å². The average molecular weight is 403 g/mol. The summed E-state index contributed by atoms with van der Waals surface area (Å²) in [5.74, 6) is -0.240. The maximum Gasteiger partial charge on any atom is 0.251 e. The third kappa shape index (κ3) is 5.13. The first-order valence-electron chi connectivity index (χ1n) is 9.26. The minimum Gasteiger partial charge on any atom is -0.346 e. The minimum absolute atomic E-state index is 0.0783. The lowest BCUT2D eigenvalue weighted by atomic mass is 9.86. The van der Waals surface area contributed by atoms with E-state index in [1.807, 2.05) is 26.0 Å². The molecule has 0 aliphatic rings. The average Bonchev–Trinajstić information content (AvgIpc) is 2.60. The van der Waals surface area contributed by atoms with E-state index in [0.29, 0.717) is 11.3 Å². The maximum atomic E-state index is 12.7. The van der Waals surface area contributed by atoms with Gasteiger partial charge in [-0.1, -0.05) is 51.1 Å². The summed E-state index contributed by atoms with van der Waals surface area (Å²) in [4.78, 5) is 12.7. The van der Waals surface area contributed by atoms with Crippen LogP contribution in [0, 0.1) is 6.92 Å². The Balaban J connectivity index is 2.21. The van der Waals surface area contributed by atoms with Gasteiger partial charge >= 0.3 is 0 Å². The highest BCUT2D eigenvalue weighted by Crippen LogP contribution is 2.25. The predicted octanol–water partition coefficient (Wildman–Crippen LogP) is 4.18. The van der Waals surface area contributed by atoms with Gasteiger partial charge in [-0.3, -0.25) is 9.10 Å². The Hall–Kier alpha value is -2.34. The molecule has 0 spiro atoms. The van der Waals surface area contributed by atoms with Gasteiger partial charge in [-0.05, 0) is 48.1 Å². The van der Waals surface area contributed by atoms with Crippen LogP contribution in [0.25, 0.3) is 0 Å². The molecule has 1 atom stereocenters. The molecular formula is C22H30N2O3S.